The van der Waals surface area contributed by atoms with Crippen molar-refractivity contribution in [3.8, 4) is 5.88 Å². The maximum atomic E-state index is 6.08. The molecule has 0 spiro atoms. The van der Waals surface area contributed by atoms with Crippen LogP contribution in [-0.2, 0) is 0 Å². The highest BCUT2D eigenvalue weighted by Crippen LogP contribution is 2.31. The number of hydrogen-bond donors (Lipinski definition) is 1. The fraction of sp³-hybridized carbons (Fsp3) is 0.714. The van der Waals surface area contributed by atoms with Crippen LogP contribution in [0.15, 0.2) is 6.20 Å². The summed E-state index contributed by atoms with van der Waals surface area (Å²) >= 11 is 0. The van der Waals surface area contributed by atoms with Gasteiger partial charge in [0.1, 0.15) is 6.10 Å². The molecule has 0 radical (unpaired) electrons. The lowest BCUT2D eigenvalue weighted by atomic mass is 9.82. The first-order valence-corrected chi connectivity index (χ1v) is 6.76. The molecule has 1 N–H and O–H groups in total. The highest BCUT2D eigenvalue weighted by atomic mass is 16.5. The molecule has 100 valence electrons. The average molecular weight is 249 g/mol. The first kappa shape index (κ1) is 13.1. The minimum atomic E-state index is 0.294. The van der Waals surface area contributed by atoms with Crippen LogP contribution in [0.1, 0.15) is 38.7 Å². The van der Waals surface area contributed by atoms with Crippen molar-refractivity contribution in [1.29, 1.82) is 0 Å². The molecule has 1 aliphatic carbocycles. The summed E-state index contributed by atoms with van der Waals surface area (Å²) in [5, 5.41) is 2.95. The van der Waals surface area contributed by atoms with Gasteiger partial charge in [0.25, 0.3) is 0 Å². The van der Waals surface area contributed by atoms with Crippen molar-refractivity contribution in [3.63, 3.8) is 0 Å². The Labute approximate surface area is 109 Å². The Morgan fingerprint density at radius 1 is 1.22 bits per heavy atom. The van der Waals surface area contributed by atoms with Gasteiger partial charge < -0.3 is 10.1 Å². The van der Waals surface area contributed by atoms with E-state index in [9.17, 15) is 0 Å². The molecule has 2 unspecified atom stereocenters. The van der Waals surface area contributed by atoms with E-state index in [1.807, 2.05) is 20.2 Å². The molecule has 0 amide bonds. The second-order valence-corrected chi connectivity index (χ2v) is 5.59. The molecular formula is C14H23N3O. The first-order chi connectivity index (χ1) is 8.58. The maximum absolute atomic E-state index is 6.08. The van der Waals surface area contributed by atoms with Crippen molar-refractivity contribution < 1.29 is 4.74 Å². The van der Waals surface area contributed by atoms with Crippen LogP contribution >= 0.6 is 0 Å². The molecular weight excluding hydrogens is 226 g/mol. The summed E-state index contributed by atoms with van der Waals surface area (Å²) in [7, 11) is 1.82. The molecule has 4 heteroatoms. The van der Waals surface area contributed by atoms with Gasteiger partial charge in [0, 0.05) is 18.8 Å². The standard InChI is InChI=1S/C14H23N3O/c1-9-5-10(2)7-12(6-9)18-13-11(3)8-16-14(15-4)17-13/h8-10,12H,5-7H2,1-4H3,(H,15,16,17). The van der Waals surface area contributed by atoms with E-state index in [0.29, 0.717) is 12.1 Å². The zero-order chi connectivity index (χ0) is 13.1. The topological polar surface area (TPSA) is 47.0 Å². The number of aryl methyl sites for hydroxylation is 1. The molecule has 0 saturated heterocycles. The van der Waals surface area contributed by atoms with Crippen LogP contribution in [0.25, 0.3) is 0 Å². The summed E-state index contributed by atoms with van der Waals surface area (Å²) in [6.07, 6.45) is 5.67. The summed E-state index contributed by atoms with van der Waals surface area (Å²) in [5.74, 6) is 2.82. The third-order valence-electron chi connectivity index (χ3n) is 3.56. The van der Waals surface area contributed by atoms with E-state index >= 15 is 0 Å². The lowest BCUT2D eigenvalue weighted by Crippen LogP contribution is -2.29. The molecule has 1 aromatic rings. The van der Waals surface area contributed by atoms with E-state index in [1.165, 1.54) is 6.42 Å². The van der Waals surface area contributed by atoms with Gasteiger partial charge in [-0.2, -0.15) is 4.98 Å². The Morgan fingerprint density at radius 3 is 2.50 bits per heavy atom. The Balaban J connectivity index is 2.08. The van der Waals surface area contributed by atoms with Crippen LogP contribution in [0.4, 0.5) is 5.95 Å². The van der Waals surface area contributed by atoms with Gasteiger partial charge in [-0.15, -0.1) is 0 Å². The van der Waals surface area contributed by atoms with Crippen LogP contribution in [0, 0.1) is 18.8 Å². The number of rotatable bonds is 3. The molecule has 1 aromatic heterocycles. The molecule has 1 fully saturated rings. The number of anilines is 1. The number of nitrogens with one attached hydrogen (secondary N) is 1. The normalized spacial score (nSPS) is 27.9. The molecule has 0 aromatic carbocycles. The van der Waals surface area contributed by atoms with Crippen molar-refractivity contribution >= 4 is 5.95 Å². The van der Waals surface area contributed by atoms with Gasteiger partial charge in [0.05, 0.1) is 0 Å². The zero-order valence-corrected chi connectivity index (χ0v) is 11.7. The van der Waals surface area contributed by atoms with Crippen LogP contribution in [0.5, 0.6) is 5.88 Å². The second kappa shape index (κ2) is 5.55. The van der Waals surface area contributed by atoms with Crippen LogP contribution in [-0.4, -0.2) is 23.1 Å². The lowest BCUT2D eigenvalue weighted by Gasteiger charge is -2.31. The molecule has 1 saturated carbocycles. The van der Waals surface area contributed by atoms with Crippen molar-refractivity contribution in [2.45, 2.75) is 46.1 Å². The molecule has 0 bridgehead atoms. The maximum Gasteiger partial charge on any atom is 0.225 e. The van der Waals surface area contributed by atoms with Crippen LogP contribution in [0.3, 0.4) is 0 Å². The van der Waals surface area contributed by atoms with E-state index in [-0.39, 0.29) is 0 Å². The fourth-order valence-electron chi connectivity index (χ4n) is 2.79. The largest absolute Gasteiger partial charge is 0.474 e. The summed E-state index contributed by atoms with van der Waals surface area (Å²) in [6.45, 7) is 6.60. The molecule has 1 aliphatic rings. The van der Waals surface area contributed by atoms with Crippen molar-refractivity contribution in [2.24, 2.45) is 11.8 Å². The van der Waals surface area contributed by atoms with E-state index < -0.39 is 0 Å². The quantitative estimate of drug-likeness (QED) is 0.894. The minimum Gasteiger partial charge on any atom is -0.474 e. The molecule has 2 atom stereocenters. The number of hydrogen-bond acceptors (Lipinski definition) is 4. The highest BCUT2D eigenvalue weighted by Gasteiger charge is 2.26. The molecule has 2 rings (SSSR count). The SMILES string of the molecule is CNc1ncc(C)c(OC2CC(C)CC(C)C2)n1. The molecule has 0 aliphatic heterocycles. The van der Waals surface area contributed by atoms with E-state index in [4.69, 9.17) is 4.74 Å². The van der Waals surface area contributed by atoms with Gasteiger partial charge in [0.15, 0.2) is 0 Å². The highest BCUT2D eigenvalue weighted by molar-refractivity contribution is 5.31. The van der Waals surface area contributed by atoms with Gasteiger partial charge >= 0.3 is 0 Å². The summed E-state index contributed by atoms with van der Waals surface area (Å²) in [6, 6.07) is 0. The Hall–Kier alpha value is -1.32. The van der Waals surface area contributed by atoms with Gasteiger partial charge in [0.2, 0.25) is 11.8 Å². The summed E-state index contributed by atoms with van der Waals surface area (Å²) in [5.41, 5.74) is 1.000. The van der Waals surface area contributed by atoms with Gasteiger partial charge in [-0.25, -0.2) is 4.98 Å². The summed E-state index contributed by atoms with van der Waals surface area (Å²) < 4.78 is 6.08. The third-order valence-corrected chi connectivity index (χ3v) is 3.56. The predicted octanol–water partition coefficient (Wildman–Crippen LogP) is 3.03. The average Bonchev–Trinajstić information content (AvgIpc) is 2.30. The Kier molecular flexibility index (Phi) is 4.04. The fourth-order valence-corrected chi connectivity index (χ4v) is 2.79. The summed E-state index contributed by atoms with van der Waals surface area (Å²) in [4.78, 5) is 8.57. The van der Waals surface area contributed by atoms with Crippen LogP contribution < -0.4 is 10.1 Å². The van der Waals surface area contributed by atoms with Crippen molar-refractivity contribution in [1.82, 2.24) is 9.97 Å². The van der Waals surface area contributed by atoms with Crippen LogP contribution in [0.2, 0.25) is 0 Å². The van der Waals surface area contributed by atoms with Gasteiger partial charge in [-0.05, 0) is 38.0 Å². The minimum absolute atomic E-state index is 0.294. The van der Waals surface area contributed by atoms with Crippen molar-refractivity contribution in [2.75, 3.05) is 12.4 Å². The predicted molar refractivity (Wildman–Crippen MR) is 72.9 cm³/mol. The third kappa shape index (κ3) is 3.12. The lowest BCUT2D eigenvalue weighted by molar-refractivity contribution is 0.0960. The molecule has 18 heavy (non-hydrogen) atoms. The van der Waals surface area contributed by atoms with E-state index in [1.54, 1.807) is 0 Å². The van der Waals surface area contributed by atoms with E-state index in [0.717, 1.165) is 36.1 Å². The van der Waals surface area contributed by atoms with Gasteiger partial charge in [-0.1, -0.05) is 13.8 Å². The molecule has 4 nitrogen and oxygen atoms in total. The van der Waals surface area contributed by atoms with Crippen molar-refractivity contribution in [3.05, 3.63) is 11.8 Å². The number of nitrogens with zero attached hydrogens (tertiary/aromatic N) is 2. The monoisotopic (exact) mass is 249 g/mol. The number of aromatic nitrogens is 2. The van der Waals surface area contributed by atoms with E-state index in [2.05, 4.69) is 29.1 Å². The molecule has 1 heterocycles. The second-order valence-electron chi connectivity index (χ2n) is 5.59. The number of ether oxygens (including phenoxy) is 1. The zero-order valence-electron chi connectivity index (χ0n) is 11.7. The first-order valence-electron chi connectivity index (χ1n) is 6.76. The Bertz CT molecular complexity index is 398. The Morgan fingerprint density at radius 2 is 1.89 bits per heavy atom. The van der Waals surface area contributed by atoms with Gasteiger partial charge in [-0.3, -0.25) is 0 Å². The smallest absolute Gasteiger partial charge is 0.225 e.